The van der Waals surface area contributed by atoms with E-state index < -0.39 is 0 Å². The first kappa shape index (κ1) is 16.0. The van der Waals surface area contributed by atoms with E-state index in [4.69, 9.17) is 4.42 Å². The minimum atomic E-state index is 0.203. The normalized spacial score (nSPS) is 15.7. The van der Waals surface area contributed by atoms with Crippen LogP contribution in [0.4, 0.5) is 5.13 Å². The Bertz CT molecular complexity index is 626. The summed E-state index contributed by atoms with van der Waals surface area (Å²) in [4.78, 5) is 21.1. The van der Waals surface area contributed by atoms with Gasteiger partial charge in [0.25, 0.3) is 0 Å². The van der Waals surface area contributed by atoms with Crippen molar-refractivity contribution < 1.29 is 9.21 Å². The summed E-state index contributed by atoms with van der Waals surface area (Å²) in [5.41, 5.74) is 0. The molecule has 0 aromatic carbocycles. The van der Waals surface area contributed by atoms with Crippen LogP contribution in [0.15, 0.2) is 22.8 Å². The van der Waals surface area contributed by atoms with Crippen LogP contribution in [0.2, 0.25) is 0 Å². The molecule has 1 saturated heterocycles. The highest BCUT2D eigenvalue weighted by atomic mass is 32.1. The zero-order valence-corrected chi connectivity index (χ0v) is 14.2. The maximum Gasteiger partial charge on any atom is 0.223 e. The SMILES string of the molecule is CCc1nsc(N2CCCN(C(=O)CCc3ccco3)CC2)n1. The number of rotatable bonds is 5. The number of amides is 1. The van der Waals surface area contributed by atoms with Crippen molar-refractivity contribution in [1.29, 1.82) is 0 Å². The third-order valence-electron chi connectivity index (χ3n) is 4.06. The molecule has 0 saturated carbocycles. The quantitative estimate of drug-likeness (QED) is 0.840. The Hall–Kier alpha value is -1.89. The van der Waals surface area contributed by atoms with Crippen LogP contribution in [-0.4, -0.2) is 46.3 Å². The maximum atomic E-state index is 12.4. The molecular weight excluding hydrogens is 312 g/mol. The molecule has 23 heavy (non-hydrogen) atoms. The molecule has 1 amide bonds. The van der Waals surface area contributed by atoms with Crippen molar-refractivity contribution in [2.24, 2.45) is 0 Å². The number of carbonyl (C=O) groups is 1. The topological polar surface area (TPSA) is 62.5 Å². The predicted molar refractivity (Wildman–Crippen MR) is 89.7 cm³/mol. The number of furan rings is 1. The molecule has 3 rings (SSSR count). The highest BCUT2D eigenvalue weighted by Crippen LogP contribution is 2.19. The number of aromatic nitrogens is 2. The molecule has 0 bridgehead atoms. The summed E-state index contributed by atoms with van der Waals surface area (Å²) >= 11 is 1.46. The molecule has 0 aliphatic carbocycles. The first-order chi connectivity index (χ1) is 11.3. The van der Waals surface area contributed by atoms with Crippen molar-refractivity contribution in [3.63, 3.8) is 0 Å². The third kappa shape index (κ3) is 4.10. The molecular formula is C16H22N4O2S. The van der Waals surface area contributed by atoms with E-state index in [1.165, 1.54) is 11.5 Å². The van der Waals surface area contributed by atoms with Gasteiger partial charge in [-0.25, -0.2) is 4.98 Å². The van der Waals surface area contributed by atoms with Crippen LogP contribution in [0.25, 0.3) is 0 Å². The lowest BCUT2D eigenvalue weighted by Crippen LogP contribution is -2.35. The first-order valence-corrected chi connectivity index (χ1v) is 8.91. The summed E-state index contributed by atoms with van der Waals surface area (Å²) in [5, 5.41) is 0.978. The summed E-state index contributed by atoms with van der Waals surface area (Å²) in [7, 11) is 0. The molecule has 1 aliphatic rings. The van der Waals surface area contributed by atoms with Crippen molar-refractivity contribution >= 4 is 22.6 Å². The minimum Gasteiger partial charge on any atom is -0.469 e. The molecule has 0 atom stereocenters. The summed E-state index contributed by atoms with van der Waals surface area (Å²) in [6.07, 6.45) is 4.65. The lowest BCUT2D eigenvalue weighted by atomic mass is 10.2. The van der Waals surface area contributed by atoms with Crippen molar-refractivity contribution in [3.8, 4) is 0 Å². The maximum absolute atomic E-state index is 12.4. The van der Waals surface area contributed by atoms with E-state index in [9.17, 15) is 4.79 Å². The molecule has 0 radical (unpaired) electrons. The van der Waals surface area contributed by atoms with Gasteiger partial charge in [-0.3, -0.25) is 4.79 Å². The van der Waals surface area contributed by atoms with Gasteiger partial charge in [0.2, 0.25) is 11.0 Å². The highest BCUT2D eigenvalue weighted by Gasteiger charge is 2.21. The Balaban J connectivity index is 1.52. The Morgan fingerprint density at radius 2 is 2.26 bits per heavy atom. The van der Waals surface area contributed by atoms with E-state index in [-0.39, 0.29) is 5.91 Å². The van der Waals surface area contributed by atoms with Gasteiger partial charge in [0.05, 0.1) is 6.26 Å². The number of nitrogens with zero attached hydrogens (tertiary/aromatic N) is 4. The molecule has 124 valence electrons. The van der Waals surface area contributed by atoms with Gasteiger partial charge in [-0.05, 0) is 18.6 Å². The zero-order chi connectivity index (χ0) is 16.1. The van der Waals surface area contributed by atoms with Gasteiger partial charge in [0, 0.05) is 57.0 Å². The Labute approximate surface area is 140 Å². The molecule has 6 nitrogen and oxygen atoms in total. The fourth-order valence-electron chi connectivity index (χ4n) is 2.72. The molecule has 2 aromatic rings. The van der Waals surface area contributed by atoms with E-state index in [0.717, 1.165) is 55.7 Å². The molecule has 1 aliphatic heterocycles. The van der Waals surface area contributed by atoms with E-state index in [1.807, 2.05) is 17.0 Å². The Morgan fingerprint density at radius 1 is 1.35 bits per heavy atom. The van der Waals surface area contributed by atoms with Crippen LogP contribution in [0, 0.1) is 0 Å². The number of hydrogen-bond acceptors (Lipinski definition) is 6. The molecule has 1 fully saturated rings. The molecule has 0 N–H and O–H groups in total. The minimum absolute atomic E-state index is 0.203. The third-order valence-corrected chi connectivity index (χ3v) is 4.87. The number of hydrogen-bond donors (Lipinski definition) is 0. The summed E-state index contributed by atoms with van der Waals surface area (Å²) in [5.74, 6) is 1.98. The monoisotopic (exact) mass is 334 g/mol. The second kappa shape index (κ2) is 7.59. The van der Waals surface area contributed by atoms with Crippen LogP contribution in [0.1, 0.15) is 31.4 Å². The van der Waals surface area contributed by atoms with Crippen LogP contribution in [0.5, 0.6) is 0 Å². The van der Waals surface area contributed by atoms with E-state index in [2.05, 4.69) is 21.2 Å². The van der Waals surface area contributed by atoms with Gasteiger partial charge in [-0.2, -0.15) is 4.37 Å². The first-order valence-electron chi connectivity index (χ1n) is 8.14. The van der Waals surface area contributed by atoms with E-state index >= 15 is 0 Å². The molecule has 7 heteroatoms. The lowest BCUT2D eigenvalue weighted by molar-refractivity contribution is -0.131. The van der Waals surface area contributed by atoms with Gasteiger partial charge in [0.1, 0.15) is 11.6 Å². The number of aryl methyl sites for hydroxylation is 2. The van der Waals surface area contributed by atoms with Gasteiger partial charge in [-0.1, -0.05) is 6.92 Å². The lowest BCUT2D eigenvalue weighted by Gasteiger charge is -2.21. The second-order valence-electron chi connectivity index (χ2n) is 5.65. The predicted octanol–water partition coefficient (Wildman–Crippen LogP) is 2.37. The van der Waals surface area contributed by atoms with Gasteiger partial charge < -0.3 is 14.2 Å². The average Bonchev–Trinajstić information content (AvgIpc) is 3.20. The van der Waals surface area contributed by atoms with Gasteiger partial charge in [0.15, 0.2) is 0 Å². The van der Waals surface area contributed by atoms with Crippen molar-refractivity contribution in [3.05, 3.63) is 30.0 Å². The average molecular weight is 334 g/mol. The van der Waals surface area contributed by atoms with Crippen LogP contribution < -0.4 is 4.90 Å². The smallest absolute Gasteiger partial charge is 0.223 e. The summed E-state index contributed by atoms with van der Waals surface area (Å²) < 4.78 is 9.64. The Kier molecular flexibility index (Phi) is 5.27. The number of carbonyl (C=O) groups excluding carboxylic acids is 1. The van der Waals surface area contributed by atoms with E-state index in [0.29, 0.717) is 12.8 Å². The highest BCUT2D eigenvalue weighted by molar-refractivity contribution is 7.09. The standard InChI is InChI=1S/C16H22N4O2S/c1-2-14-17-16(23-18-14)20-9-4-8-19(10-11-20)15(21)7-6-13-5-3-12-22-13/h3,5,12H,2,4,6-11H2,1H3. The molecule has 3 heterocycles. The van der Waals surface area contributed by atoms with Gasteiger partial charge >= 0.3 is 0 Å². The van der Waals surface area contributed by atoms with Crippen molar-refractivity contribution in [2.75, 3.05) is 31.1 Å². The fourth-order valence-corrected chi connectivity index (χ4v) is 3.52. The van der Waals surface area contributed by atoms with Crippen molar-refractivity contribution in [2.45, 2.75) is 32.6 Å². The Morgan fingerprint density at radius 3 is 3.00 bits per heavy atom. The van der Waals surface area contributed by atoms with Gasteiger partial charge in [-0.15, -0.1) is 0 Å². The second-order valence-corrected chi connectivity index (χ2v) is 6.38. The molecule has 0 unspecified atom stereocenters. The fraction of sp³-hybridized carbons (Fsp3) is 0.562. The van der Waals surface area contributed by atoms with Crippen LogP contribution in [-0.2, 0) is 17.6 Å². The zero-order valence-electron chi connectivity index (χ0n) is 13.4. The van der Waals surface area contributed by atoms with Crippen molar-refractivity contribution in [1.82, 2.24) is 14.3 Å². The summed E-state index contributed by atoms with van der Waals surface area (Å²) in [6, 6.07) is 3.77. The van der Waals surface area contributed by atoms with E-state index in [1.54, 1.807) is 6.26 Å². The molecule has 0 spiro atoms. The number of anilines is 1. The van der Waals surface area contributed by atoms with Crippen LogP contribution in [0.3, 0.4) is 0 Å². The largest absolute Gasteiger partial charge is 0.469 e. The molecule has 2 aromatic heterocycles. The summed E-state index contributed by atoms with van der Waals surface area (Å²) in [6.45, 7) is 5.38. The van der Waals surface area contributed by atoms with Crippen LogP contribution >= 0.6 is 11.5 Å².